The molecule has 2 amide bonds. The number of hydrogen-bond donors (Lipinski definition) is 1. The van der Waals surface area contributed by atoms with Crippen molar-refractivity contribution in [3.8, 4) is 0 Å². The fourth-order valence-electron chi connectivity index (χ4n) is 3.09. The normalized spacial score (nSPS) is 15.5. The smallest absolute Gasteiger partial charge is 0.308 e. The third-order valence-electron chi connectivity index (χ3n) is 4.56. The van der Waals surface area contributed by atoms with Gasteiger partial charge in [0.2, 0.25) is 0 Å². The lowest BCUT2D eigenvalue weighted by atomic mass is 10.1. The number of hydrogen-bond acceptors (Lipinski definition) is 8. The molecule has 1 aliphatic heterocycles. The second-order valence-electron chi connectivity index (χ2n) is 6.64. The molecule has 1 N–H and O–H groups in total. The van der Waals surface area contributed by atoms with E-state index in [1.54, 1.807) is 34.8 Å². The van der Waals surface area contributed by atoms with Crippen LogP contribution in [0, 0.1) is 0 Å². The Morgan fingerprint density at radius 2 is 1.84 bits per heavy atom. The van der Waals surface area contributed by atoms with Crippen molar-refractivity contribution in [2.45, 2.75) is 18.9 Å². The Morgan fingerprint density at radius 3 is 2.55 bits per heavy atom. The maximum absolute atomic E-state index is 12.8. The van der Waals surface area contributed by atoms with Crippen molar-refractivity contribution >= 4 is 57.5 Å². The van der Waals surface area contributed by atoms with Crippen LogP contribution in [0.3, 0.4) is 0 Å². The van der Waals surface area contributed by atoms with Crippen molar-refractivity contribution in [2.75, 3.05) is 13.2 Å². The largest absolute Gasteiger partial charge is 0.455 e. The molecule has 0 radical (unpaired) electrons. The van der Waals surface area contributed by atoms with Gasteiger partial charge in [0.25, 0.3) is 11.8 Å². The second kappa shape index (κ2) is 9.99. The highest BCUT2D eigenvalue weighted by molar-refractivity contribution is 7.12. The summed E-state index contributed by atoms with van der Waals surface area (Å²) < 4.78 is 5.14. The summed E-state index contributed by atoms with van der Waals surface area (Å²) in [5.74, 6) is -1.15. The van der Waals surface area contributed by atoms with Crippen LogP contribution in [0.4, 0.5) is 0 Å². The Kier molecular flexibility index (Phi) is 6.90. The van der Waals surface area contributed by atoms with E-state index in [1.807, 2.05) is 40.4 Å². The van der Waals surface area contributed by atoms with Crippen LogP contribution in [-0.2, 0) is 14.3 Å². The quantitative estimate of drug-likeness (QED) is 0.503. The maximum atomic E-state index is 12.8. The van der Waals surface area contributed by atoms with Crippen LogP contribution in [0.1, 0.15) is 38.3 Å². The molecule has 1 aliphatic rings. The molecule has 1 unspecified atom stereocenters. The van der Waals surface area contributed by atoms with Gasteiger partial charge in [-0.2, -0.15) is 5.10 Å². The standard InChI is InChI=1S/C21H19N3O4S3/c25-19(13-28-20(26)7-8-22-21(27)18-6-3-11-31-18)24-15(17-5-2-10-30-17)12-14(23-24)16-4-1-9-29-16/h1-6,9-11,15H,7-8,12-13H2,(H,22,27). The van der Waals surface area contributed by atoms with Gasteiger partial charge in [-0.25, -0.2) is 5.01 Å². The van der Waals surface area contributed by atoms with Gasteiger partial charge in [0, 0.05) is 17.8 Å². The van der Waals surface area contributed by atoms with Gasteiger partial charge >= 0.3 is 5.97 Å². The average Bonchev–Trinajstić information content (AvgIpc) is 3.58. The highest BCUT2D eigenvalue weighted by Gasteiger charge is 2.34. The molecule has 4 rings (SSSR count). The fourth-order valence-corrected chi connectivity index (χ4v) is 5.26. The zero-order valence-corrected chi connectivity index (χ0v) is 18.8. The zero-order valence-electron chi connectivity index (χ0n) is 16.4. The second-order valence-corrected chi connectivity index (χ2v) is 9.52. The van der Waals surface area contributed by atoms with Crippen LogP contribution in [0.2, 0.25) is 0 Å². The van der Waals surface area contributed by atoms with Crippen LogP contribution in [-0.4, -0.2) is 41.7 Å². The van der Waals surface area contributed by atoms with E-state index >= 15 is 0 Å². The first-order valence-corrected chi connectivity index (χ1v) is 12.2. The van der Waals surface area contributed by atoms with E-state index in [0.717, 1.165) is 15.5 Å². The molecule has 0 saturated carbocycles. The van der Waals surface area contributed by atoms with E-state index in [9.17, 15) is 14.4 Å². The van der Waals surface area contributed by atoms with Crippen LogP contribution >= 0.6 is 34.0 Å². The molecule has 7 nitrogen and oxygen atoms in total. The molecule has 0 fully saturated rings. The summed E-state index contributed by atoms with van der Waals surface area (Å²) in [4.78, 5) is 39.3. The minimum absolute atomic E-state index is 0.0114. The molecule has 0 aliphatic carbocycles. The highest BCUT2D eigenvalue weighted by Crippen LogP contribution is 2.35. The molecule has 0 saturated heterocycles. The van der Waals surface area contributed by atoms with Gasteiger partial charge in [0.05, 0.1) is 27.9 Å². The van der Waals surface area contributed by atoms with E-state index in [0.29, 0.717) is 11.3 Å². The first kappa shape index (κ1) is 21.4. The summed E-state index contributed by atoms with van der Waals surface area (Å²) in [5, 5.41) is 14.4. The molecule has 0 aromatic carbocycles. The summed E-state index contributed by atoms with van der Waals surface area (Å²) >= 11 is 4.47. The van der Waals surface area contributed by atoms with Crippen LogP contribution in [0.15, 0.2) is 57.6 Å². The van der Waals surface area contributed by atoms with Crippen molar-refractivity contribution in [1.82, 2.24) is 10.3 Å². The highest BCUT2D eigenvalue weighted by atomic mass is 32.1. The molecule has 0 spiro atoms. The first-order chi connectivity index (χ1) is 15.1. The Bertz CT molecular complexity index is 1060. The number of nitrogens with one attached hydrogen (secondary N) is 1. The van der Waals surface area contributed by atoms with Crippen molar-refractivity contribution in [2.24, 2.45) is 5.10 Å². The third kappa shape index (κ3) is 5.27. The number of esters is 1. The fraction of sp³-hybridized carbons (Fsp3) is 0.238. The van der Waals surface area contributed by atoms with E-state index in [1.165, 1.54) is 16.3 Å². The number of carbonyl (C=O) groups is 3. The lowest BCUT2D eigenvalue weighted by Gasteiger charge is -2.20. The van der Waals surface area contributed by atoms with E-state index < -0.39 is 5.97 Å². The van der Waals surface area contributed by atoms with Crippen molar-refractivity contribution in [3.63, 3.8) is 0 Å². The number of amides is 2. The molecule has 0 bridgehead atoms. The minimum Gasteiger partial charge on any atom is -0.455 e. The van der Waals surface area contributed by atoms with Gasteiger partial charge in [0.15, 0.2) is 6.61 Å². The Labute approximate surface area is 191 Å². The third-order valence-corrected chi connectivity index (χ3v) is 7.32. The molecule has 4 heterocycles. The SMILES string of the molecule is O=C(CCNC(=O)c1cccs1)OCC(=O)N1N=C(c2cccs2)CC1c1cccs1. The number of ether oxygens (including phenoxy) is 1. The van der Waals surface area contributed by atoms with Gasteiger partial charge in [-0.3, -0.25) is 14.4 Å². The molecule has 3 aromatic heterocycles. The molecule has 1 atom stereocenters. The van der Waals surface area contributed by atoms with Gasteiger partial charge in [-0.1, -0.05) is 18.2 Å². The van der Waals surface area contributed by atoms with Crippen LogP contribution in [0.25, 0.3) is 0 Å². The number of carbonyl (C=O) groups excluding carboxylic acids is 3. The molecule has 160 valence electrons. The van der Waals surface area contributed by atoms with E-state index in [2.05, 4.69) is 10.4 Å². The van der Waals surface area contributed by atoms with E-state index in [4.69, 9.17) is 4.74 Å². The van der Waals surface area contributed by atoms with Crippen molar-refractivity contribution in [1.29, 1.82) is 0 Å². The summed E-state index contributed by atoms with van der Waals surface area (Å²) in [5.41, 5.74) is 0.851. The Morgan fingerprint density at radius 1 is 1.06 bits per heavy atom. The van der Waals surface area contributed by atoms with Crippen molar-refractivity contribution < 1.29 is 19.1 Å². The topological polar surface area (TPSA) is 88.1 Å². The van der Waals surface area contributed by atoms with Crippen LogP contribution < -0.4 is 5.32 Å². The lowest BCUT2D eigenvalue weighted by molar-refractivity contribution is -0.152. The summed E-state index contributed by atoms with van der Waals surface area (Å²) in [6.07, 6.45) is 0.609. The average molecular weight is 474 g/mol. The number of hydrazone groups is 1. The predicted molar refractivity (Wildman–Crippen MR) is 122 cm³/mol. The van der Waals surface area contributed by atoms with Gasteiger partial charge < -0.3 is 10.1 Å². The summed E-state index contributed by atoms with van der Waals surface area (Å²) in [7, 11) is 0. The Balaban J connectivity index is 1.30. The predicted octanol–water partition coefficient (Wildman–Crippen LogP) is 3.91. The number of nitrogens with zero attached hydrogens (tertiary/aromatic N) is 2. The molecular formula is C21H19N3O4S3. The summed E-state index contributed by atoms with van der Waals surface area (Å²) in [6, 6.07) is 11.1. The lowest BCUT2D eigenvalue weighted by Crippen LogP contribution is -2.32. The summed E-state index contributed by atoms with van der Waals surface area (Å²) in [6.45, 7) is -0.243. The first-order valence-electron chi connectivity index (χ1n) is 9.56. The minimum atomic E-state index is -0.547. The molecule has 3 aromatic rings. The molecular weight excluding hydrogens is 454 g/mol. The molecule has 31 heavy (non-hydrogen) atoms. The van der Waals surface area contributed by atoms with Gasteiger partial charge in [-0.05, 0) is 34.3 Å². The van der Waals surface area contributed by atoms with Gasteiger partial charge in [-0.15, -0.1) is 34.0 Å². The zero-order chi connectivity index (χ0) is 21.6. The van der Waals surface area contributed by atoms with Crippen molar-refractivity contribution in [3.05, 3.63) is 67.2 Å². The maximum Gasteiger partial charge on any atom is 0.308 e. The number of thiophene rings is 3. The monoisotopic (exact) mass is 473 g/mol. The Hall–Kier alpha value is -2.82. The van der Waals surface area contributed by atoms with Crippen LogP contribution in [0.5, 0.6) is 0 Å². The molecule has 10 heteroatoms. The van der Waals surface area contributed by atoms with Gasteiger partial charge in [0.1, 0.15) is 0 Å². The van der Waals surface area contributed by atoms with E-state index in [-0.39, 0.29) is 37.4 Å². The number of rotatable bonds is 8.